The topological polar surface area (TPSA) is 71.1 Å². The van der Waals surface area contributed by atoms with Crippen molar-refractivity contribution in [2.24, 2.45) is 7.05 Å². The molecule has 0 saturated carbocycles. The van der Waals surface area contributed by atoms with Crippen LogP contribution < -0.4 is 4.74 Å². The maximum Gasteiger partial charge on any atom is 0.171 e. The minimum atomic E-state index is -0.671. The maximum atomic E-state index is 9.81. The maximum absolute atomic E-state index is 9.81. The second kappa shape index (κ2) is 5.35. The Hall–Kier alpha value is -2.32. The Bertz CT molecular complexity index is 681. The molecule has 0 aliphatic heterocycles. The minimum Gasteiger partial charge on any atom is -0.453 e. The molecular weight excluding hydrogens is 254 g/mol. The van der Waals surface area contributed by atoms with Crippen molar-refractivity contribution >= 4 is 0 Å². The highest BCUT2D eigenvalue weighted by Crippen LogP contribution is 2.33. The summed E-state index contributed by atoms with van der Waals surface area (Å²) < 4.78 is 7.64. The van der Waals surface area contributed by atoms with Gasteiger partial charge < -0.3 is 9.84 Å². The van der Waals surface area contributed by atoms with Crippen LogP contribution in [0.2, 0.25) is 0 Å². The van der Waals surface area contributed by atoms with E-state index in [1.807, 2.05) is 20.9 Å². The van der Waals surface area contributed by atoms with Crippen LogP contribution in [0.15, 0.2) is 18.2 Å². The van der Waals surface area contributed by atoms with Gasteiger partial charge in [-0.2, -0.15) is 10.4 Å². The molecule has 0 fully saturated rings. The quantitative estimate of drug-likeness (QED) is 0.931. The Kier molecular flexibility index (Phi) is 3.77. The molecule has 0 saturated heterocycles. The van der Waals surface area contributed by atoms with Gasteiger partial charge >= 0.3 is 0 Å². The van der Waals surface area contributed by atoms with E-state index in [9.17, 15) is 5.11 Å². The Labute approximate surface area is 118 Å². The summed E-state index contributed by atoms with van der Waals surface area (Å²) >= 11 is 0. The summed E-state index contributed by atoms with van der Waals surface area (Å²) in [5.74, 6) is 1.14. The molecule has 0 radical (unpaired) electrons. The van der Waals surface area contributed by atoms with Crippen molar-refractivity contribution in [3.8, 4) is 17.6 Å². The molecule has 0 amide bonds. The van der Waals surface area contributed by atoms with Gasteiger partial charge in [0, 0.05) is 12.6 Å². The normalized spacial score (nSPS) is 12.0. The van der Waals surface area contributed by atoms with Gasteiger partial charge in [0.2, 0.25) is 0 Å². The third kappa shape index (κ3) is 2.51. The van der Waals surface area contributed by atoms with Crippen molar-refractivity contribution in [3.05, 3.63) is 40.7 Å². The third-order valence-electron chi connectivity index (χ3n) is 3.25. The summed E-state index contributed by atoms with van der Waals surface area (Å²) in [6.07, 6.45) is -0.671. The van der Waals surface area contributed by atoms with E-state index in [0.717, 1.165) is 11.4 Å². The van der Waals surface area contributed by atoms with Crippen LogP contribution in [0.1, 0.15) is 35.5 Å². The Morgan fingerprint density at radius 1 is 1.40 bits per heavy atom. The molecule has 20 heavy (non-hydrogen) atoms. The number of nitrogens with zero attached hydrogens (tertiary/aromatic N) is 3. The summed E-state index contributed by atoms with van der Waals surface area (Å²) in [4.78, 5) is 0. The van der Waals surface area contributed by atoms with E-state index < -0.39 is 6.10 Å². The fourth-order valence-corrected chi connectivity index (χ4v) is 2.05. The van der Waals surface area contributed by atoms with Crippen molar-refractivity contribution in [2.75, 3.05) is 0 Å². The van der Waals surface area contributed by atoms with Gasteiger partial charge in [-0.1, -0.05) is 6.07 Å². The molecule has 104 valence electrons. The third-order valence-corrected chi connectivity index (χ3v) is 3.25. The van der Waals surface area contributed by atoms with Gasteiger partial charge in [-0.3, -0.25) is 4.68 Å². The van der Waals surface area contributed by atoms with E-state index in [-0.39, 0.29) is 0 Å². The zero-order chi connectivity index (χ0) is 14.9. The second-order valence-corrected chi connectivity index (χ2v) is 4.77. The van der Waals surface area contributed by atoms with Gasteiger partial charge in [-0.05, 0) is 32.9 Å². The molecule has 1 aromatic carbocycles. The van der Waals surface area contributed by atoms with Crippen LogP contribution in [-0.2, 0) is 7.05 Å². The second-order valence-electron chi connectivity index (χ2n) is 4.77. The van der Waals surface area contributed by atoms with Crippen LogP contribution >= 0.6 is 0 Å². The molecule has 5 nitrogen and oxygen atoms in total. The fourth-order valence-electron chi connectivity index (χ4n) is 2.05. The van der Waals surface area contributed by atoms with E-state index in [2.05, 4.69) is 11.2 Å². The van der Waals surface area contributed by atoms with Gasteiger partial charge in [-0.15, -0.1) is 0 Å². The molecule has 1 aromatic heterocycles. The molecule has 1 N–H and O–H groups in total. The first-order chi connectivity index (χ1) is 9.43. The number of benzene rings is 1. The molecule has 0 aliphatic rings. The Morgan fingerprint density at radius 2 is 2.10 bits per heavy atom. The first kappa shape index (κ1) is 14.1. The zero-order valence-corrected chi connectivity index (χ0v) is 12.0. The Morgan fingerprint density at radius 3 is 2.60 bits per heavy atom. The number of rotatable bonds is 3. The van der Waals surface area contributed by atoms with Gasteiger partial charge in [0.25, 0.3) is 0 Å². The highest BCUT2D eigenvalue weighted by atomic mass is 16.5. The van der Waals surface area contributed by atoms with Crippen molar-refractivity contribution in [1.82, 2.24) is 9.78 Å². The lowest BCUT2D eigenvalue weighted by molar-refractivity contribution is 0.195. The summed E-state index contributed by atoms with van der Waals surface area (Å²) in [7, 11) is 1.84. The van der Waals surface area contributed by atoms with Crippen LogP contribution in [0.25, 0.3) is 0 Å². The molecule has 0 aliphatic carbocycles. The lowest BCUT2D eigenvalue weighted by Crippen LogP contribution is -1.98. The highest BCUT2D eigenvalue weighted by Gasteiger charge is 2.16. The zero-order valence-electron chi connectivity index (χ0n) is 12.0. The molecular formula is C15H17N3O2. The van der Waals surface area contributed by atoms with E-state index in [4.69, 9.17) is 10.00 Å². The number of aliphatic hydroxyl groups is 1. The van der Waals surface area contributed by atoms with E-state index >= 15 is 0 Å². The van der Waals surface area contributed by atoms with E-state index in [0.29, 0.717) is 22.6 Å². The van der Waals surface area contributed by atoms with Gasteiger partial charge in [0.1, 0.15) is 11.4 Å². The number of ether oxygens (including phenoxy) is 1. The minimum absolute atomic E-state index is 0.484. The number of aryl methyl sites for hydroxylation is 2. The number of aromatic nitrogens is 2. The van der Waals surface area contributed by atoms with Crippen LogP contribution in [-0.4, -0.2) is 14.9 Å². The van der Waals surface area contributed by atoms with Crippen LogP contribution in [0, 0.1) is 25.2 Å². The molecule has 1 atom stereocenters. The average molecular weight is 271 g/mol. The van der Waals surface area contributed by atoms with E-state index in [1.165, 1.54) is 0 Å². The summed E-state index contributed by atoms with van der Waals surface area (Å²) in [5.41, 5.74) is 2.79. The Balaban J connectivity index is 2.49. The van der Waals surface area contributed by atoms with Crippen molar-refractivity contribution in [3.63, 3.8) is 0 Å². The number of nitriles is 1. The van der Waals surface area contributed by atoms with Crippen LogP contribution in [0.5, 0.6) is 11.5 Å². The number of hydrogen-bond donors (Lipinski definition) is 1. The van der Waals surface area contributed by atoms with Gasteiger partial charge in [0.05, 0.1) is 23.4 Å². The molecule has 0 spiro atoms. The van der Waals surface area contributed by atoms with Crippen LogP contribution in [0.4, 0.5) is 0 Å². The molecule has 0 unspecified atom stereocenters. The lowest BCUT2D eigenvalue weighted by Gasteiger charge is -2.13. The van der Waals surface area contributed by atoms with Gasteiger partial charge in [-0.25, -0.2) is 0 Å². The van der Waals surface area contributed by atoms with Crippen LogP contribution in [0.3, 0.4) is 0 Å². The van der Waals surface area contributed by atoms with Crippen molar-refractivity contribution in [1.29, 1.82) is 5.26 Å². The first-order valence-electron chi connectivity index (χ1n) is 6.34. The number of hydrogen-bond acceptors (Lipinski definition) is 4. The smallest absolute Gasteiger partial charge is 0.171 e. The summed E-state index contributed by atoms with van der Waals surface area (Å²) in [5, 5.41) is 23.1. The van der Waals surface area contributed by atoms with Gasteiger partial charge in [0.15, 0.2) is 5.75 Å². The standard InChI is InChI=1S/C15H17N3O2/c1-9-15(10(2)18(4)17-9)20-14-7-12(8-16)5-6-13(14)11(3)19/h5-7,11,19H,1-4H3/t11-/m1/s1. The SMILES string of the molecule is Cc1nn(C)c(C)c1Oc1cc(C#N)ccc1[C@@H](C)O. The average Bonchev–Trinajstić information content (AvgIpc) is 2.65. The van der Waals surface area contributed by atoms with E-state index in [1.54, 1.807) is 29.8 Å². The van der Waals surface area contributed by atoms with Crippen molar-refractivity contribution in [2.45, 2.75) is 26.9 Å². The predicted molar refractivity (Wildman–Crippen MR) is 74.5 cm³/mol. The summed E-state index contributed by atoms with van der Waals surface area (Å²) in [6.45, 7) is 5.43. The molecule has 1 heterocycles. The lowest BCUT2D eigenvalue weighted by atomic mass is 10.1. The highest BCUT2D eigenvalue weighted by molar-refractivity contribution is 5.47. The number of aliphatic hydroxyl groups excluding tert-OH is 1. The molecule has 2 aromatic rings. The molecule has 2 rings (SSSR count). The fraction of sp³-hybridized carbons (Fsp3) is 0.333. The van der Waals surface area contributed by atoms with Crippen molar-refractivity contribution < 1.29 is 9.84 Å². The molecule has 5 heteroatoms. The first-order valence-corrected chi connectivity index (χ1v) is 6.34. The monoisotopic (exact) mass is 271 g/mol. The molecule has 0 bridgehead atoms. The predicted octanol–water partition coefficient (Wildman–Crippen LogP) is 2.75. The largest absolute Gasteiger partial charge is 0.453 e. The summed E-state index contributed by atoms with van der Waals surface area (Å²) in [6, 6.07) is 7.08.